The van der Waals surface area contributed by atoms with Crippen LogP contribution in [0.25, 0.3) is 11.0 Å². The molecule has 8 heteroatoms. The van der Waals surface area contributed by atoms with Gasteiger partial charge in [-0.15, -0.1) is 0 Å². The molecule has 6 rings (SSSR count). The zero-order valence-electron chi connectivity index (χ0n) is 22.0. The summed E-state index contributed by atoms with van der Waals surface area (Å²) in [6, 6.07) is 19.1. The van der Waals surface area contributed by atoms with E-state index in [-0.39, 0.29) is 23.8 Å². The predicted molar refractivity (Wildman–Crippen MR) is 150 cm³/mol. The molecule has 202 valence electrons. The van der Waals surface area contributed by atoms with Gasteiger partial charge in [0.2, 0.25) is 0 Å². The van der Waals surface area contributed by atoms with Crippen molar-refractivity contribution in [2.45, 2.75) is 44.4 Å². The number of benzene rings is 2. The molecule has 2 N–H and O–H groups in total. The summed E-state index contributed by atoms with van der Waals surface area (Å²) in [7, 11) is 0. The highest BCUT2D eigenvalue weighted by Crippen LogP contribution is 2.28. The summed E-state index contributed by atoms with van der Waals surface area (Å²) in [5, 5.41) is 13.6. The predicted octanol–water partition coefficient (Wildman–Crippen LogP) is 4.98. The number of anilines is 1. The second kappa shape index (κ2) is 11.4. The number of rotatable bonds is 7. The van der Waals surface area contributed by atoms with Gasteiger partial charge in [-0.1, -0.05) is 6.07 Å². The number of phenols is 1. The van der Waals surface area contributed by atoms with Gasteiger partial charge in [0.25, 0.3) is 5.91 Å². The minimum Gasteiger partial charge on any atom is -0.508 e. The smallest absolute Gasteiger partial charge is 0.287 e. The molecule has 0 aliphatic carbocycles. The molecule has 0 radical (unpaired) electrons. The third-order valence-electron chi connectivity index (χ3n) is 7.73. The number of likely N-dealkylation sites (tertiary alicyclic amines) is 1. The Labute approximate surface area is 228 Å². The molecule has 1 amide bonds. The lowest BCUT2D eigenvalue weighted by Gasteiger charge is -2.33. The van der Waals surface area contributed by atoms with Crippen molar-refractivity contribution in [1.82, 2.24) is 15.2 Å². The third-order valence-corrected chi connectivity index (χ3v) is 7.73. The van der Waals surface area contributed by atoms with Crippen LogP contribution in [0.5, 0.6) is 11.5 Å². The summed E-state index contributed by atoms with van der Waals surface area (Å²) >= 11 is 0. The molecule has 0 spiro atoms. The van der Waals surface area contributed by atoms with Gasteiger partial charge in [0.15, 0.2) is 5.76 Å². The molecule has 2 aromatic carbocycles. The topological polar surface area (TPSA) is 91.1 Å². The summed E-state index contributed by atoms with van der Waals surface area (Å²) in [5.74, 6) is 1.21. The summed E-state index contributed by atoms with van der Waals surface area (Å²) < 4.78 is 12.2. The molecule has 0 bridgehead atoms. The number of pyridine rings is 1. The van der Waals surface area contributed by atoms with Crippen LogP contribution in [-0.2, 0) is 6.54 Å². The van der Waals surface area contributed by atoms with Crippen molar-refractivity contribution < 1.29 is 19.1 Å². The first-order chi connectivity index (χ1) is 19.1. The number of aromatic hydroxyl groups is 1. The Morgan fingerprint density at radius 2 is 1.79 bits per heavy atom. The Hall–Kier alpha value is -4.04. The first-order valence-electron chi connectivity index (χ1n) is 13.8. The van der Waals surface area contributed by atoms with E-state index in [4.69, 9.17) is 9.15 Å². The number of nitrogens with one attached hydrogen (secondary N) is 1. The van der Waals surface area contributed by atoms with E-state index in [1.165, 1.54) is 5.56 Å². The van der Waals surface area contributed by atoms with E-state index in [1.807, 2.05) is 48.7 Å². The normalized spacial score (nSPS) is 17.4. The number of furan rings is 1. The molecule has 2 aliphatic heterocycles. The number of nitrogens with zero attached hydrogens (tertiary/aromatic N) is 3. The number of hydrogen-bond donors (Lipinski definition) is 2. The highest BCUT2D eigenvalue weighted by atomic mass is 16.5. The fraction of sp³-hybridized carbons (Fsp3) is 0.355. The monoisotopic (exact) mass is 526 g/mol. The van der Waals surface area contributed by atoms with Crippen LogP contribution in [0.3, 0.4) is 0 Å². The van der Waals surface area contributed by atoms with Crippen molar-refractivity contribution in [1.29, 1.82) is 0 Å². The van der Waals surface area contributed by atoms with Crippen molar-refractivity contribution in [2.75, 3.05) is 31.1 Å². The Kier molecular flexibility index (Phi) is 7.36. The van der Waals surface area contributed by atoms with Crippen molar-refractivity contribution in [3.8, 4) is 11.5 Å². The standard InChI is InChI=1S/C31H34N4O4/c36-26-6-4-25(5-7-26)35-16-11-27(12-17-35)38-28-8-3-23-18-30(39-29(23)19-28)31(37)33-24-9-14-34(15-10-24)21-22-2-1-13-32-20-22/h1-8,13,18-20,24,27,36H,9-12,14-17,21H2,(H,33,37). The average Bonchev–Trinajstić information content (AvgIpc) is 3.39. The van der Waals surface area contributed by atoms with Crippen LogP contribution in [0.4, 0.5) is 5.69 Å². The zero-order valence-corrected chi connectivity index (χ0v) is 22.0. The molecule has 2 aromatic heterocycles. The van der Waals surface area contributed by atoms with Crippen molar-refractivity contribution in [3.05, 3.63) is 84.4 Å². The van der Waals surface area contributed by atoms with Crippen LogP contribution in [0.2, 0.25) is 0 Å². The number of carbonyl (C=O) groups is 1. The van der Waals surface area contributed by atoms with Crippen molar-refractivity contribution >= 4 is 22.6 Å². The number of amides is 1. The summed E-state index contributed by atoms with van der Waals surface area (Å²) in [5.41, 5.74) is 2.99. The number of carbonyl (C=O) groups excluding carboxylic acids is 1. The zero-order chi connectivity index (χ0) is 26.6. The number of aromatic nitrogens is 1. The molecular weight excluding hydrogens is 492 g/mol. The summed E-state index contributed by atoms with van der Waals surface area (Å²) in [6.45, 7) is 4.55. The second-order valence-corrected chi connectivity index (χ2v) is 10.5. The minimum absolute atomic E-state index is 0.123. The lowest BCUT2D eigenvalue weighted by atomic mass is 10.0. The van der Waals surface area contributed by atoms with Crippen LogP contribution in [-0.4, -0.2) is 59.2 Å². The molecule has 0 unspecified atom stereocenters. The number of hydrogen-bond acceptors (Lipinski definition) is 7. The fourth-order valence-electron chi connectivity index (χ4n) is 5.53. The van der Waals surface area contributed by atoms with E-state index >= 15 is 0 Å². The molecule has 4 heterocycles. The maximum Gasteiger partial charge on any atom is 0.287 e. The van der Waals surface area contributed by atoms with E-state index in [2.05, 4.69) is 26.2 Å². The van der Waals surface area contributed by atoms with Gasteiger partial charge < -0.3 is 24.5 Å². The van der Waals surface area contributed by atoms with Crippen LogP contribution >= 0.6 is 0 Å². The largest absolute Gasteiger partial charge is 0.508 e. The summed E-state index contributed by atoms with van der Waals surface area (Å²) in [4.78, 5) is 21.9. The molecule has 2 saturated heterocycles. The van der Waals surface area contributed by atoms with Crippen LogP contribution in [0.15, 0.2) is 77.5 Å². The maximum absolute atomic E-state index is 12.9. The number of piperidine rings is 2. The Balaban J connectivity index is 0.999. The molecule has 2 aliphatic rings. The van der Waals surface area contributed by atoms with Crippen LogP contribution < -0.4 is 15.0 Å². The fourth-order valence-corrected chi connectivity index (χ4v) is 5.53. The van der Waals surface area contributed by atoms with Gasteiger partial charge in [0, 0.05) is 81.1 Å². The first-order valence-corrected chi connectivity index (χ1v) is 13.8. The quantitative estimate of drug-likeness (QED) is 0.351. The number of ether oxygens (including phenoxy) is 1. The molecule has 0 atom stereocenters. The van der Waals surface area contributed by atoms with Crippen LogP contribution in [0.1, 0.15) is 41.8 Å². The molecular formula is C31H34N4O4. The van der Waals surface area contributed by atoms with Gasteiger partial charge in [0.1, 0.15) is 23.2 Å². The average molecular weight is 527 g/mol. The maximum atomic E-state index is 12.9. The highest BCUT2D eigenvalue weighted by Gasteiger charge is 2.24. The third kappa shape index (κ3) is 6.17. The Morgan fingerprint density at radius 3 is 2.54 bits per heavy atom. The highest BCUT2D eigenvalue weighted by molar-refractivity contribution is 5.96. The molecule has 39 heavy (non-hydrogen) atoms. The molecule has 0 saturated carbocycles. The lowest BCUT2D eigenvalue weighted by Crippen LogP contribution is -2.44. The van der Waals surface area contributed by atoms with Gasteiger partial charge in [-0.25, -0.2) is 0 Å². The number of phenolic OH excluding ortho intramolecular Hbond substituents is 1. The van der Waals surface area contributed by atoms with Gasteiger partial charge in [-0.3, -0.25) is 14.7 Å². The van der Waals surface area contributed by atoms with E-state index in [1.54, 1.807) is 18.3 Å². The van der Waals surface area contributed by atoms with E-state index in [0.717, 1.165) is 75.2 Å². The SMILES string of the molecule is O=C(NC1CCN(Cc2cccnc2)CC1)c1cc2ccc(OC3CCN(c4ccc(O)cc4)CC3)cc2o1. The molecule has 8 nitrogen and oxygen atoms in total. The van der Waals surface area contributed by atoms with Crippen molar-refractivity contribution in [2.24, 2.45) is 0 Å². The Bertz CT molecular complexity index is 1390. The van der Waals surface area contributed by atoms with Crippen LogP contribution in [0, 0.1) is 0 Å². The second-order valence-electron chi connectivity index (χ2n) is 10.5. The minimum atomic E-state index is -0.166. The summed E-state index contributed by atoms with van der Waals surface area (Å²) in [6.07, 6.45) is 7.47. The molecule has 4 aromatic rings. The van der Waals surface area contributed by atoms with Gasteiger partial charge in [0.05, 0.1) is 0 Å². The number of fused-ring (bicyclic) bond motifs is 1. The Morgan fingerprint density at radius 1 is 1.00 bits per heavy atom. The van der Waals surface area contributed by atoms with E-state index in [0.29, 0.717) is 11.3 Å². The van der Waals surface area contributed by atoms with E-state index < -0.39 is 0 Å². The molecule has 2 fully saturated rings. The van der Waals surface area contributed by atoms with Gasteiger partial charge in [-0.2, -0.15) is 0 Å². The van der Waals surface area contributed by atoms with Gasteiger partial charge >= 0.3 is 0 Å². The van der Waals surface area contributed by atoms with Gasteiger partial charge in [-0.05, 0) is 66.9 Å². The van der Waals surface area contributed by atoms with E-state index in [9.17, 15) is 9.90 Å². The lowest BCUT2D eigenvalue weighted by molar-refractivity contribution is 0.0883. The first kappa shape index (κ1) is 25.2. The van der Waals surface area contributed by atoms with Crippen molar-refractivity contribution in [3.63, 3.8) is 0 Å².